The molecule has 0 unspecified atom stereocenters. The van der Waals surface area contributed by atoms with E-state index in [9.17, 15) is 4.79 Å². The second kappa shape index (κ2) is 12.2. The number of para-hydroxylation sites is 1. The Morgan fingerprint density at radius 3 is 2.35 bits per heavy atom. The minimum atomic E-state index is 0.104. The predicted octanol–water partition coefficient (Wildman–Crippen LogP) is 4.39. The zero-order chi connectivity index (χ0) is 23.6. The number of methoxy groups -OCH3 is 1. The van der Waals surface area contributed by atoms with Crippen molar-refractivity contribution in [1.29, 1.82) is 0 Å². The van der Waals surface area contributed by atoms with Gasteiger partial charge in [-0.15, -0.1) is 0 Å². The lowest BCUT2D eigenvalue weighted by Gasteiger charge is -2.30. The largest absolute Gasteiger partial charge is 0.497 e. The van der Waals surface area contributed by atoms with Crippen LogP contribution in [0, 0.1) is 0 Å². The maximum Gasteiger partial charge on any atom is 0.227 e. The van der Waals surface area contributed by atoms with Crippen LogP contribution in [0.5, 0.6) is 17.2 Å². The number of amides is 1. The van der Waals surface area contributed by atoms with Gasteiger partial charge in [-0.1, -0.05) is 42.5 Å². The van der Waals surface area contributed by atoms with Gasteiger partial charge in [-0.25, -0.2) is 0 Å². The van der Waals surface area contributed by atoms with E-state index in [1.807, 2.05) is 83.8 Å². The predicted molar refractivity (Wildman–Crippen MR) is 132 cm³/mol. The number of benzene rings is 3. The lowest BCUT2D eigenvalue weighted by Crippen LogP contribution is -2.43. The van der Waals surface area contributed by atoms with Crippen molar-refractivity contribution in [3.05, 3.63) is 90.0 Å². The minimum absolute atomic E-state index is 0.104. The van der Waals surface area contributed by atoms with Crippen LogP contribution in [0.1, 0.15) is 11.1 Å². The monoisotopic (exact) mass is 460 g/mol. The Morgan fingerprint density at radius 1 is 0.882 bits per heavy atom. The van der Waals surface area contributed by atoms with E-state index in [4.69, 9.17) is 14.2 Å². The van der Waals surface area contributed by atoms with Crippen LogP contribution in [0.2, 0.25) is 0 Å². The highest BCUT2D eigenvalue weighted by atomic mass is 16.5. The SMILES string of the molecule is COc1ccc(CC(=O)N(CCN2CCOCC2)Cc2cccc(Oc3ccccc3)c2)cc1. The van der Waals surface area contributed by atoms with Crippen LogP contribution in [0.4, 0.5) is 0 Å². The second-order valence-corrected chi connectivity index (χ2v) is 8.36. The molecule has 1 amide bonds. The zero-order valence-corrected chi connectivity index (χ0v) is 19.7. The highest BCUT2D eigenvalue weighted by Crippen LogP contribution is 2.23. The Kier molecular flexibility index (Phi) is 8.54. The summed E-state index contributed by atoms with van der Waals surface area (Å²) in [6, 6.07) is 25.4. The van der Waals surface area contributed by atoms with Crippen LogP contribution in [-0.2, 0) is 22.5 Å². The van der Waals surface area contributed by atoms with Gasteiger partial charge in [0, 0.05) is 32.7 Å². The van der Waals surface area contributed by atoms with Gasteiger partial charge in [0.25, 0.3) is 0 Å². The van der Waals surface area contributed by atoms with Crippen LogP contribution < -0.4 is 9.47 Å². The number of carbonyl (C=O) groups is 1. The van der Waals surface area contributed by atoms with Crippen molar-refractivity contribution in [2.75, 3.05) is 46.5 Å². The number of nitrogens with zero attached hydrogens (tertiary/aromatic N) is 2. The van der Waals surface area contributed by atoms with Gasteiger partial charge in [0.2, 0.25) is 5.91 Å². The highest BCUT2D eigenvalue weighted by molar-refractivity contribution is 5.78. The summed E-state index contributed by atoms with van der Waals surface area (Å²) < 4.78 is 16.7. The van der Waals surface area contributed by atoms with Crippen molar-refractivity contribution >= 4 is 5.91 Å². The molecule has 3 aromatic carbocycles. The number of ether oxygens (including phenoxy) is 3. The van der Waals surface area contributed by atoms with E-state index < -0.39 is 0 Å². The van der Waals surface area contributed by atoms with Crippen LogP contribution in [0.3, 0.4) is 0 Å². The number of hydrogen-bond acceptors (Lipinski definition) is 5. The van der Waals surface area contributed by atoms with Gasteiger partial charge in [0.1, 0.15) is 17.2 Å². The highest BCUT2D eigenvalue weighted by Gasteiger charge is 2.18. The Bertz CT molecular complexity index is 1030. The Labute approximate surface area is 201 Å². The van der Waals surface area contributed by atoms with Gasteiger partial charge in [-0.05, 0) is 47.5 Å². The number of morpholine rings is 1. The summed E-state index contributed by atoms with van der Waals surface area (Å²) in [5.74, 6) is 2.45. The summed E-state index contributed by atoms with van der Waals surface area (Å²) in [6.07, 6.45) is 0.354. The van der Waals surface area contributed by atoms with Crippen LogP contribution in [-0.4, -0.2) is 62.2 Å². The first-order valence-corrected chi connectivity index (χ1v) is 11.7. The summed E-state index contributed by atoms with van der Waals surface area (Å²) in [4.78, 5) is 17.6. The van der Waals surface area contributed by atoms with E-state index in [1.54, 1.807) is 7.11 Å². The minimum Gasteiger partial charge on any atom is -0.497 e. The number of carbonyl (C=O) groups excluding carboxylic acids is 1. The molecule has 3 aromatic rings. The first-order chi connectivity index (χ1) is 16.7. The van der Waals surface area contributed by atoms with E-state index in [-0.39, 0.29) is 5.91 Å². The summed E-state index contributed by atoms with van der Waals surface area (Å²) in [6.45, 7) is 5.33. The fourth-order valence-corrected chi connectivity index (χ4v) is 3.96. The maximum atomic E-state index is 13.3. The van der Waals surface area contributed by atoms with Crippen molar-refractivity contribution < 1.29 is 19.0 Å². The third-order valence-electron chi connectivity index (χ3n) is 5.91. The molecule has 1 heterocycles. The van der Waals surface area contributed by atoms with Gasteiger partial charge >= 0.3 is 0 Å². The van der Waals surface area contributed by atoms with E-state index in [2.05, 4.69) is 4.90 Å². The van der Waals surface area contributed by atoms with Gasteiger partial charge in [0.15, 0.2) is 0 Å². The molecule has 1 saturated heterocycles. The molecule has 0 radical (unpaired) electrons. The average molecular weight is 461 g/mol. The van der Waals surface area contributed by atoms with Crippen molar-refractivity contribution in [1.82, 2.24) is 9.80 Å². The molecule has 4 rings (SSSR count). The van der Waals surface area contributed by atoms with E-state index in [1.165, 1.54) is 0 Å². The molecule has 6 heteroatoms. The molecule has 6 nitrogen and oxygen atoms in total. The van der Waals surface area contributed by atoms with Crippen molar-refractivity contribution in [3.63, 3.8) is 0 Å². The molecule has 34 heavy (non-hydrogen) atoms. The summed E-state index contributed by atoms with van der Waals surface area (Å²) in [5, 5.41) is 0. The van der Waals surface area contributed by atoms with Crippen LogP contribution in [0.15, 0.2) is 78.9 Å². The molecule has 0 atom stereocenters. The summed E-state index contributed by atoms with van der Waals surface area (Å²) in [7, 11) is 1.64. The van der Waals surface area contributed by atoms with E-state index in [0.29, 0.717) is 19.5 Å². The molecular weight excluding hydrogens is 428 g/mol. The maximum absolute atomic E-state index is 13.3. The van der Waals surface area contributed by atoms with Crippen molar-refractivity contribution in [3.8, 4) is 17.2 Å². The fourth-order valence-electron chi connectivity index (χ4n) is 3.96. The van der Waals surface area contributed by atoms with Crippen molar-refractivity contribution in [2.45, 2.75) is 13.0 Å². The lowest BCUT2D eigenvalue weighted by atomic mass is 10.1. The Morgan fingerprint density at radius 2 is 1.62 bits per heavy atom. The molecule has 0 saturated carbocycles. The molecular formula is C28H32N2O4. The van der Waals surface area contributed by atoms with E-state index >= 15 is 0 Å². The van der Waals surface area contributed by atoms with Gasteiger partial charge < -0.3 is 19.1 Å². The molecule has 0 aromatic heterocycles. The number of hydrogen-bond donors (Lipinski definition) is 0. The topological polar surface area (TPSA) is 51.2 Å². The Hall–Kier alpha value is -3.35. The average Bonchev–Trinajstić information content (AvgIpc) is 2.88. The smallest absolute Gasteiger partial charge is 0.227 e. The van der Waals surface area contributed by atoms with Crippen LogP contribution in [0.25, 0.3) is 0 Å². The molecule has 0 aliphatic carbocycles. The molecule has 0 N–H and O–H groups in total. The van der Waals surface area contributed by atoms with Gasteiger partial charge in [-0.2, -0.15) is 0 Å². The van der Waals surface area contributed by atoms with Crippen LogP contribution >= 0.6 is 0 Å². The summed E-state index contributed by atoms with van der Waals surface area (Å²) >= 11 is 0. The van der Waals surface area contributed by atoms with Gasteiger partial charge in [-0.3, -0.25) is 9.69 Å². The quantitative estimate of drug-likeness (QED) is 0.449. The molecule has 0 bridgehead atoms. The first-order valence-electron chi connectivity index (χ1n) is 11.7. The molecule has 0 spiro atoms. The molecule has 1 aliphatic heterocycles. The van der Waals surface area contributed by atoms with Crippen molar-refractivity contribution in [2.24, 2.45) is 0 Å². The second-order valence-electron chi connectivity index (χ2n) is 8.36. The fraction of sp³-hybridized carbons (Fsp3) is 0.321. The molecule has 178 valence electrons. The van der Waals surface area contributed by atoms with Gasteiger partial charge in [0.05, 0.1) is 26.7 Å². The molecule has 1 fully saturated rings. The summed E-state index contributed by atoms with van der Waals surface area (Å²) in [5.41, 5.74) is 2.02. The lowest BCUT2D eigenvalue weighted by molar-refractivity contribution is -0.131. The molecule has 1 aliphatic rings. The third-order valence-corrected chi connectivity index (χ3v) is 5.91. The normalized spacial score (nSPS) is 13.9. The Balaban J connectivity index is 1.45. The number of rotatable bonds is 10. The van der Waals surface area contributed by atoms with E-state index in [0.717, 1.165) is 61.2 Å². The zero-order valence-electron chi connectivity index (χ0n) is 19.7. The first kappa shape index (κ1) is 23.8. The third kappa shape index (κ3) is 7.07. The standard InChI is InChI=1S/C28H32N2O4/c1-32-25-12-10-23(11-13-25)21-28(31)30(15-14-29-16-18-33-19-17-29)22-24-6-5-9-27(20-24)34-26-7-3-2-4-8-26/h2-13,20H,14-19,21-22H2,1H3.